The van der Waals surface area contributed by atoms with Crippen LogP contribution in [0.3, 0.4) is 0 Å². The Hall–Kier alpha value is -4.22. The average Bonchev–Trinajstić information content (AvgIpc) is 3.35. The Bertz CT molecular complexity index is 1950. The minimum atomic E-state index is -0.748. The van der Waals surface area contributed by atoms with Gasteiger partial charge in [0.05, 0.1) is 46.6 Å². The summed E-state index contributed by atoms with van der Waals surface area (Å²) in [5, 5.41) is 0. The number of methoxy groups -OCH3 is 1. The molecule has 0 aliphatic carbocycles. The molecule has 0 spiro atoms. The number of halogens is 2. The van der Waals surface area contributed by atoms with Crippen LogP contribution in [0.15, 0.2) is 86.2 Å². The summed E-state index contributed by atoms with van der Waals surface area (Å²) >= 11 is 4.82. The number of aromatic nitrogens is 1. The fourth-order valence-electron chi connectivity index (χ4n) is 5.18. The van der Waals surface area contributed by atoms with Crippen molar-refractivity contribution in [3.05, 3.63) is 119 Å². The number of esters is 1. The largest absolute Gasteiger partial charge is 0.496 e. The monoisotopic (exact) mass is 708 g/mol. The number of ether oxygens (including phenoxy) is 4. The Morgan fingerprint density at radius 2 is 1.76 bits per heavy atom. The maximum atomic E-state index is 14.1. The Balaban J connectivity index is 1.60. The summed E-state index contributed by atoms with van der Waals surface area (Å²) < 4.78 is 38.8. The number of allylic oxidation sites excluding steroid dienone is 1. The van der Waals surface area contributed by atoms with E-state index in [9.17, 15) is 14.0 Å². The number of nitrogens with zero attached hydrogens (tertiary/aromatic N) is 2. The van der Waals surface area contributed by atoms with Gasteiger partial charge in [-0.25, -0.2) is 14.2 Å². The Kier molecular flexibility index (Phi) is 10.7. The zero-order valence-corrected chi connectivity index (χ0v) is 28.4. The maximum absolute atomic E-state index is 14.1. The third-order valence-electron chi connectivity index (χ3n) is 7.26. The van der Waals surface area contributed by atoms with E-state index < -0.39 is 12.0 Å². The highest BCUT2D eigenvalue weighted by Crippen LogP contribution is 2.36. The molecule has 1 aliphatic heterocycles. The molecule has 2 heterocycles. The molecule has 0 fully saturated rings. The first kappa shape index (κ1) is 33.2. The highest BCUT2D eigenvalue weighted by atomic mass is 79.9. The second kappa shape index (κ2) is 14.9. The van der Waals surface area contributed by atoms with Gasteiger partial charge in [0.2, 0.25) is 0 Å². The van der Waals surface area contributed by atoms with Gasteiger partial charge in [-0.2, -0.15) is 0 Å². The first-order valence-corrected chi connectivity index (χ1v) is 16.6. The topological polar surface area (TPSA) is 88.4 Å². The molecule has 0 saturated carbocycles. The van der Waals surface area contributed by atoms with Gasteiger partial charge in [-0.05, 0) is 95.4 Å². The fraction of sp³-hybridized carbons (Fsp3) is 0.286. The van der Waals surface area contributed by atoms with Crippen molar-refractivity contribution in [2.45, 2.75) is 46.3 Å². The van der Waals surface area contributed by atoms with Crippen molar-refractivity contribution < 1.29 is 28.1 Å². The molecule has 0 N–H and O–H groups in total. The molecule has 1 atom stereocenters. The number of benzene rings is 3. The van der Waals surface area contributed by atoms with Gasteiger partial charge in [-0.15, -0.1) is 0 Å². The van der Waals surface area contributed by atoms with Crippen molar-refractivity contribution in [1.29, 1.82) is 0 Å². The van der Waals surface area contributed by atoms with E-state index in [0.29, 0.717) is 60.9 Å². The first-order valence-electron chi connectivity index (χ1n) is 15.0. The molecular weight excluding hydrogens is 675 g/mol. The zero-order chi connectivity index (χ0) is 32.8. The normalized spacial score (nSPS) is 14.5. The number of carbonyl (C=O) groups is 1. The number of hydrogen-bond donors (Lipinski definition) is 0. The van der Waals surface area contributed by atoms with Crippen LogP contribution >= 0.6 is 27.3 Å². The van der Waals surface area contributed by atoms with Crippen molar-refractivity contribution >= 4 is 39.3 Å². The van der Waals surface area contributed by atoms with Crippen molar-refractivity contribution in [3.63, 3.8) is 0 Å². The van der Waals surface area contributed by atoms with Gasteiger partial charge < -0.3 is 18.9 Å². The number of thiazole rings is 1. The molecule has 0 unspecified atom stereocenters. The molecule has 8 nitrogen and oxygen atoms in total. The predicted molar refractivity (Wildman–Crippen MR) is 179 cm³/mol. The van der Waals surface area contributed by atoms with Crippen LogP contribution in [0.4, 0.5) is 4.39 Å². The molecule has 0 saturated heterocycles. The highest BCUT2D eigenvalue weighted by Gasteiger charge is 2.34. The molecule has 240 valence electrons. The average molecular weight is 710 g/mol. The van der Waals surface area contributed by atoms with Crippen LogP contribution in [-0.4, -0.2) is 30.9 Å². The molecule has 11 heteroatoms. The zero-order valence-electron chi connectivity index (χ0n) is 26.0. The lowest BCUT2D eigenvalue weighted by Gasteiger charge is -2.26. The van der Waals surface area contributed by atoms with E-state index >= 15 is 0 Å². The van der Waals surface area contributed by atoms with E-state index in [2.05, 4.69) is 15.9 Å². The SMILES string of the molecule is CCCC1=C(C(=O)OCC)[C@@H](c2ccc(OC)c(Br)c2)n2c(s/c(=C\c3ccc(OCc4ccc(F)cc4)c(OCC)c3)c2=O)=N1. The summed E-state index contributed by atoms with van der Waals surface area (Å²) in [5.41, 5.74) is 2.93. The Labute approximate surface area is 278 Å². The van der Waals surface area contributed by atoms with E-state index in [1.165, 1.54) is 23.5 Å². The lowest BCUT2D eigenvalue weighted by molar-refractivity contribution is -0.139. The first-order chi connectivity index (χ1) is 22.3. The molecular formula is C35H34BrFN2O6S. The van der Waals surface area contributed by atoms with Crippen LogP contribution in [0.25, 0.3) is 6.08 Å². The van der Waals surface area contributed by atoms with Crippen LogP contribution < -0.4 is 29.1 Å². The minimum absolute atomic E-state index is 0.191. The molecule has 46 heavy (non-hydrogen) atoms. The van der Waals surface area contributed by atoms with Gasteiger partial charge in [-0.1, -0.05) is 48.9 Å². The van der Waals surface area contributed by atoms with E-state index in [4.69, 9.17) is 23.9 Å². The van der Waals surface area contributed by atoms with E-state index in [1.54, 1.807) is 48.9 Å². The van der Waals surface area contributed by atoms with Gasteiger partial charge in [0, 0.05) is 0 Å². The standard InChI is InChI=1S/C35H34BrFN2O6S/c1-5-8-26-31(34(41)44-7-3)32(23-12-16-27(42-4)25(36)19-23)39-33(40)30(46-35(39)38-26)18-22-11-15-28(29(17-22)43-6-2)45-20-21-9-13-24(37)14-10-21/h9-19,32H,5-8,20H2,1-4H3/b30-18-/t32-/m1/s1. The van der Waals surface area contributed by atoms with Crippen molar-refractivity contribution in [1.82, 2.24) is 4.57 Å². The summed E-state index contributed by atoms with van der Waals surface area (Å²) in [6.07, 6.45) is 3.08. The van der Waals surface area contributed by atoms with Crippen LogP contribution in [0, 0.1) is 5.82 Å². The molecule has 4 aromatic rings. The molecule has 5 rings (SSSR count). The summed E-state index contributed by atoms with van der Waals surface area (Å²) in [4.78, 5) is 32.9. The quantitative estimate of drug-likeness (QED) is 0.157. The van der Waals surface area contributed by atoms with Gasteiger partial charge in [-0.3, -0.25) is 9.36 Å². The second-order valence-corrected chi connectivity index (χ2v) is 12.2. The summed E-state index contributed by atoms with van der Waals surface area (Å²) in [5.74, 6) is 0.857. The summed E-state index contributed by atoms with van der Waals surface area (Å²) in [7, 11) is 1.58. The third-order valence-corrected chi connectivity index (χ3v) is 8.86. The third kappa shape index (κ3) is 7.10. The van der Waals surface area contributed by atoms with E-state index in [-0.39, 0.29) is 24.6 Å². The Morgan fingerprint density at radius 1 is 1.00 bits per heavy atom. The van der Waals surface area contributed by atoms with Gasteiger partial charge >= 0.3 is 5.97 Å². The molecule has 1 aromatic heterocycles. The van der Waals surface area contributed by atoms with Crippen molar-refractivity contribution in [3.8, 4) is 17.2 Å². The summed E-state index contributed by atoms with van der Waals surface area (Å²) in [6.45, 7) is 6.48. The maximum Gasteiger partial charge on any atom is 0.338 e. The molecule has 0 amide bonds. The smallest absolute Gasteiger partial charge is 0.338 e. The van der Waals surface area contributed by atoms with Gasteiger partial charge in [0.15, 0.2) is 16.3 Å². The number of rotatable bonds is 12. The van der Waals surface area contributed by atoms with Crippen LogP contribution in [0.2, 0.25) is 0 Å². The molecule has 0 radical (unpaired) electrons. The van der Waals surface area contributed by atoms with Gasteiger partial charge in [0.1, 0.15) is 18.2 Å². The molecule has 3 aromatic carbocycles. The number of hydrogen-bond acceptors (Lipinski definition) is 8. The van der Waals surface area contributed by atoms with Crippen molar-refractivity contribution in [2.75, 3.05) is 20.3 Å². The van der Waals surface area contributed by atoms with E-state index in [1.807, 2.05) is 38.1 Å². The summed E-state index contributed by atoms with van der Waals surface area (Å²) in [6, 6.07) is 16.3. The minimum Gasteiger partial charge on any atom is -0.496 e. The second-order valence-electron chi connectivity index (χ2n) is 10.4. The van der Waals surface area contributed by atoms with Gasteiger partial charge in [0.25, 0.3) is 5.56 Å². The number of carbonyl (C=O) groups excluding carboxylic acids is 1. The Morgan fingerprint density at radius 3 is 2.43 bits per heavy atom. The van der Waals surface area contributed by atoms with E-state index in [0.717, 1.165) is 17.5 Å². The van der Waals surface area contributed by atoms with Crippen molar-refractivity contribution in [2.24, 2.45) is 4.99 Å². The molecule has 1 aliphatic rings. The fourth-order valence-corrected chi connectivity index (χ4v) is 6.76. The predicted octanol–water partition coefficient (Wildman–Crippen LogP) is 6.47. The lowest BCUT2D eigenvalue weighted by atomic mass is 9.94. The number of fused-ring (bicyclic) bond motifs is 1. The van der Waals surface area contributed by atoms with Crippen LogP contribution in [-0.2, 0) is 16.1 Å². The highest BCUT2D eigenvalue weighted by molar-refractivity contribution is 9.10. The van der Waals surface area contributed by atoms with Crippen LogP contribution in [0.1, 0.15) is 56.3 Å². The lowest BCUT2D eigenvalue weighted by Crippen LogP contribution is -2.40. The van der Waals surface area contributed by atoms with Crippen LogP contribution in [0.5, 0.6) is 17.2 Å². The molecule has 0 bridgehead atoms.